The molecule has 0 amide bonds. The first-order valence-electron chi connectivity index (χ1n) is 14.7. The molecule has 3 aromatic rings. The maximum atomic E-state index is 13.0. The van der Waals surface area contributed by atoms with Gasteiger partial charge in [-0.15, -0.1) is 0 Å². The lowest BCUT2D eigenvalue weighted by molar-refractivity contribution is 0.0923. The molecule has 0 atom stereocenters. The molecule has 0 saturated heterocycles. The lowest BCUT2D eigenvalue weighted by Gasteiger charge is -2.22. The van der Waals surface area contributed by atoms with Crippen molar-refractivity contribution in [1.29, 1.82) is 0 Å². The maximum absolute atomic E-state index is 13.0. The van der Waals surface area contributed by atoms with E-state index in [2.05, 4.69) is 21.8 Å². The van der Waals surface area contributed by atoms with Crippen LogP contribution in [0.25, 0.3) is 0 Å². The number of aliphatic hydroxyl groups is 1. The van der Waals surface area contributed by atoms with Crippen LogP contribution in [0.4, 0.5) is 5.69 Å². The number of carbonyl (C=O) groups is 1. The Morgan fingerprint density at radius 1 is 0.905 bits per heavy atom. The number of Topliss-reactive ketones (excluding diaryl/α,β-unsaturated/α-hetero) is 1. The van der Waals surface area contributed by atoms with Crippen molar-refractivity contribution in [1.82, 2.24) is 4.90 Å². The van der Waals surface area contributed by atoms with E-state index in [0.717, 1.165) is 49.8 Å². The molecule has 3 rings (SSSR count). The highest BCUT2D eigenvalue weighted by Gasteiger charge is 2.15. The van der Waals surface area contributed by atoms with Crippen molar-refractivity contribution in [2.24, 2.45) is 0 Å². The number of rotatable bonds is 20. The van der Waals surface area contributed by atoms with Crippen LogP contribution < -0.4 is 4.72 Å². The van der Waals surface area contributed by atoms with Gasteiger partial charge in [0.25, 0.3) is 0 Å². The molecule has 0 heterocycles. The third-order valence-electron chi connectivity index (χ3n) is 6.94. The highest BCUT2D eigenvalue weighted by atomic mass is 32.2. The Kier molecular flexibility index (Phi) is 14.0. The van der Waals surface area contributed by atoms with Gasteiger partial charge in [-0.25, -0.2) is 8.42 Å². The van der Waals surface area contributed by atoms with Crippen molar-refractivity contribution in [3.63, 3.8) is 0 Å². The standard InChI is InChI=1S/C33H44N2O6S/c1-2-22-42(39,40)34-31-15-12-27(13-16-31)18-21-41-20-9-4-3-8-19-35(24-28-10-6-5-7-11-28)25-33(38)29-14-17-32(37)30(23-29)26-36/h5-7,10-17,23,34,36-37H,2-4,8-9,18-22,24-26H2,1H3. The van der Waals surface area contributed by atoms with Crippen LogP contribution in [0.3, 0.4) is 0 Å². The first-order chi connectivity index (χ1) is 20.3. The summed E-state index contributed by atoms with van der Waals surface area (Å²) in [6.07, 6.45) is 5.35. The van der Waals surface area contributed by atoms with Gasteiger partial charge in [0, 0.05) is 30.0 Å². The highest BCUT2D eigenvalue weighted by Crippen LogP contribution is 2.19. The Labute approximate surface area is 250 Å². The summed E-state index contributed by atoms with van der Waals surface area (Å²) in [6, 6.07) is 22.1. The molecule has 42 heavy (non-hydrogen) atoms. The van der Waals surface area contributed by atoms with Crippen LogP contribution in [0.1, 0.15) is 66.1 Å². The fraction of sp³-hybridized carbons (Fsp3) is 0.424. The lowest BCUT2D eigenvalue weighted by atomic mass is 10.1. The van der Waals surface area contributed by atoms with Gasteiger partial charge in [-0.2, -0.15) is 0 Å². The van der Waals surface area contributed by atoms with Crippen molar-refractivity contribution in [3.05, 3.63) is 95.1 Å². The zero-order chi connectivity index (χ0) is 30.2. The van der Waals surface area contributed by atoms with Gasteiger partial charge in [-0.05, 0) is 73.7 Å². The average Bonchev–Trinajstić information content (AvgIpc) is 2.97. The van der Waals surface area contributed by atoms with E-state index in [1.54, 1.807) is 24.3 Å². The number of hydrogen-bond acceptors (Lipinski definition) is 7. The van der Waals surface area contributed by atoms with E-state index < -0.39 is 10.0 Å². The number of carbonyl (C=O) groups excluding carboxylic acids is 1. The number of hydrogen-bond donors (Lipinski definition) is 3. The normalized spacial score (nSPS) is 11.6. The van der Waals surface area contributed by atoms with Gasteiger partial charge in [-0.3, -0.25) is 14.4 Å². The number of phenols is 1. The molecule has 3 aromatic carbocycles. The molecular formula is C33H44N2O6S. The second-order valence-corrected chi connectivity index (χ2v) is 12.4. The highest BCUT2D eigenvalue weighted by molar-refractivity contribution is 7.92. The second kappa shape index (κ2) is 17.7. The minimum atomic E-state index is -3.28. The van der Waals surface area contributed by atoms with Gasteiger partial charge in [0.2, 0.25) is 10.0 Å². The van der Waals surface area contributed by atoms with Crippen molar-refractivity contribution < 1.29 is 28.2 Å². The number of nitrogens with zero attached hydrogens (tertiary/aromatic N) is 1. The monoisotopic (exact) mass is 596 g/mol. The fourth-order valence-corrected chi connectivity index (χ4v) is 5.79. The number of aliphatic hydroxyl groups excluding tert-OH is 1. The smallest absolute Gasteiger partial charge is 0.232 e. The quantitative estimate of drug-likeness (QED) is 0.116. The van der Waals surface area contributed by atoms with Crippen LogP contribution in [-0.4, -0.2) is 61.4 Å². The van der Waals surface area contributed by atoms with E-state index in [1.165, 1.54) is 6.07 Å². The van der Waals surface area contributed by atoms with Crippen LogP contribution in [0, 0.1) is 0 Å². The van der Waals surface area contributed by atoms with Crippen LogP contribution in [-0.2, 0) is 34.3 Å². The van der Waals surface area contributed by atoms with E-state index in [-0.39, 0.29) is 30.4 Å². The third-order valence-corrected chi connectivity index (χ3v) is 8.43. The number of benzene rings is 3. The zero-order valence-corrected chi connectivity index (χ0v) is 25.3. The number of sulfonamides is 1. The van der Waals surface area contributed by atoms with E-state index >= 15 is 0 Å². The second-order valence-electron chi connectivity index (χ2n) is 10.5. The van der Waals surface area contributed by atoms with E-state index in [1.807, 2.05) is 37.3 Å². The molecule has 0 spiro atoms. The first-order valence-corrected chi connectivity index (χ1v) is 16.3. The van der Waals surface area contributed by atoms with E-state index in [9.17, 15) is 23.4 Å². The van der Waals surface area contributed by atoms with Gasteiger partial charge in [0.05, 0.1) is 25.5 Å². The predicted octanol–water partition coefficient (Wildman–Crippen LogP) is 5.54. The van der Waals surface area contributed by atoms with Crippen molar-refractivity contribution >= 4 is 21.5 Å². The van der Waals surface area contributed by atoms with Crippen molar-refractivity contribution in [3.8, 4) is 5.75 Å². The molecule has 0 aliphatic carbocycles. The number of aromatic hydroxyl groups is 1. The molecule has 228 valence electrons. The molecule has 0 aliphatic heterocycles. The molecular weight excluding hydrogens is 552 g/mol. The van der Waals surface area contributed by atoms with Crippen molar-refractivity contribution in [2.75, 3.05) is 36.8 Å². The molecule has 0 saturated carbocycles. The minimum Gasteiger partial charge on any atom is -0.508 e. The SMILES string of the molecule is CCCS(=O)(=O)Nc1ccc(CCOCCCCCCN(CC(=O)c2ccc(O)c(CO)c2)Cc2ccccc2)cc1. The summed E-state index contributed by atoms with van der Waals surface area (Å²) in [7, 11) is -3.28. The van der Waals surface area contributed by atoms with Gasteiger partial charge in [0.1, 0.15) is 5.75 Å². The van der Waals surface area contributed by atoms with Gasteiger partial charge >= 0.3 is 0 Å². The Bertz CT molecular complexity index is 1330. The Balaban J connectivity index is 1.35. The summed E-state index contributed by atoms with van der Waals surface area (Å²) in [5, 5.41) is 19.3. The summed E-state index contributed by atoms with van der Waals surface area (Å²) in [6.45, 7) is 4.55. The summed E-state index contributed by atoms with van der Waals surface area (Å²) in [4.78, 5) is 15.2. The van der Waals surface area contributed by atoms with Gasteiger partial charge in [-0.1, -0.05) is 62.2 Å². The molecule has 0 aromatic heterocycles. The van der Waals surface area contributed by atoms with Gasteiger partial charge in [0.15, 0.2) is 5.78 Å². The number of nitrogens with one attached hydrogen (secondary N) is 1. The Morgan fingerprint density at radius 2 is 1.64 bits per heavy atom. The zero-order valence-electron chi connectivity index (χ0n) is 24.5. The number of unbranched alkanes of at least 4 members (excludes halogenated alkanes) is 3. The van der Waals surface area contributed by atoms with E-state index in [0.29, 0.717) is 43.0 Å². The topological polar surface area (TPSA) is 116 Å². The molecule has 0 fully saturated rings. The summed E-state index contributed by atoms with van der Waals surface area (Å²) in [5.74, 6) is 0.0618. The Hall–Kier alpha value is -3.24. The fourth-order valence-electron chi connectivity index (χ4n) is 4.66. The molecule has 0 aliphatic rings. The molecule has 9 heteroatoms. The maximum Gasteiger partial charge on any atom is 0.232 e. The molecule has 8 nitrogen and oxygen atoms in total. The largest absolute Gasteiger partial charge is 0.508 e. The average molecular weight is 597 g/mol. The first kappa shape index (κ1) is 33.3. The third kappa shape index (κ3) is 11.9. The summed E-state index contributed by atoms with van der Waals surface area (Å²) >= 11 is 0. The predicted molar refractivity (Wildman–Crippen MR) is 167 cm³/mol. The van der Waals surface area contributed by atoms with Crippen LogP contribution >= 0.6 is 0 Å². The van der Waals surface area contributed by atoms with Crippen LogP contribution in [0.5, 0.6) is 5.75 Å². The Morgan fingerprint density at radius 3 is 2.36 bits per heavy atom. The van der Waals surface area contributed by atoms with Gasteiger partial charge < -0.3 is 14.9 Å². The lowest BCUT2D eigenvalue weighted by Crippen LogP contribution is -2.30. The number of anilines is 1. The molecule has 0 bridgehead atoms. The molecule has 0 unspecified atom stereocenters. The summed E-state index contributed by atoms with van der Waals surface area (Å²) < 4.78 is 32.2. The molecule has 0 radical (unpaired) electrons. The van der Waals surface area contributed by atoms with Crippen LogP contribution in [0.15, 0.2) is 72.8 Å². The molecule has 3 N–H and O–H groups in total. The van der Waals surface area contributed by atoms with Crippen LogP contribution in [0.2, 0.25) is 0 Å². The van der Waals surface area contributed by atoms with E-state index in [4.69, 9.17) is 4.74 Å². The summed E-state index contributed by atoms with van der Waals surface area (Å²) in [5.41, 5.74) is 3.66. The number of ketones is 1. The minimum absolute atomic E-state index is 0.0110. The van der Waals surface area contributed by atoms with Crippen molar-refractivity contribution in [2.45, 2.75) is 58.6 Å². The number of ether oxygens (including phenoxy) is 1.